The molecule has 2 aromatic heterocycles. The lowest BCUT2D eigenvalue weighted by atomic mass is 9.98. The minimum atomic E-state index is -0.225. The number of hydrogen-bond donors (Lipinski definition) is 2. The van der Waals surface area contributed by atoms with Gasteiger partial charge < -0.3 is 24.8 Å². The van der Waals surface area contributed by atoms with Crippen LogP contribution < -0.4 is 20.3 Å². The number of rotatable bonds is 7. The molecule has 0 bridgehead atoms. The zero-order valence-corrected chi connectivity index (χ0v) is 22.5. The van der Waals surface area contributed by atoms with Gasteiger partial charge in [0.2, 0.25) is 0 Å². The molecule has 0 aliphatic carbocycles. The Balaban J connectivity index is 1.37. The van der Waals surface area contributed by atoms with Crippen molar-refractivity contribution < 1.29 is 9.53 Å². The summed E-state index contributed by atoms with van der Waals surface area (Å²) in [6, 6.07) is 24.8. The highest BCUT2D eigenvalue weighted by Gasteiger charge is 2.41. The quantitative estimate of drug-likeness (QED) is 0.296. The van der Waals surface area contributed by atoms with E-state index in [2.05, 4.69) is 64.3 Å². The largest absolute Gasteiger partial charge is 0.484 e. The molecule has 0 saturated carbocycles. The minimum Gasteiger partial charge on any atom is -0.484 e. The first kappa shape index (κ1) is 25.5. The number of anilines is 2. The van der Waals surface area contributed by atoms with Crippen LogP contribution in [0.5, 0.6) is 5.75 Å². The molecule has 194 valence electrons. The van der Waals surface area contributed by atoms with Crippen molar-refractivity contribution in [3.05, 3.63) is 109 Å². The van der Waals surface area contributed by atoms with Crippen molar-refractivity contribution in [2.45, 2.75) is 38.4 Å². The number of amides is 1. The van der Waals surface area contributed by atoms with Crippen LogP contribution in [-0.2, 0) is 10.3 Å². The van der Waals surface area contributed by atoms with Crippen molar-refractivity contribution >= 4 is 34.6 Å². The first-order valence-electron chi connectivity index (χ1n) is 12.6. The molecule has 2 aromatic carbocycles. The lowest BCUT2D eigenvalue weighted by Gasteiger charge is -2.28. The summed E-state index contributed by atoms with van der Waals surface area (Å²) in [5, 5.41) is 7.02. The van der Waals surface area contributed by atoms with Gasteiger partial charge >= 0.3 is 0 Å². The van der Waals surface area contributed by atoms with Crippen LogP contribution in [-0.4, -0.2) is 27.2 Å². The fraction of sp³-hybridized carbons (Fsp3) is 0.233. The van der Waals surface area contributed by atoms with Crippen LogP contribution in [0.2, 0.25) is 0 Å². The summed E-state index contributed by atoms with van der Waals surface area (Å²) < 4.78 is 7.76. The van der Waals surface area contributed by atoms with Gasteiger partial charge in [-0.2, -0.15) is 0 Å². The Labute approximate surface area is 228 Å². The topological polar surface area (TPSA) is 71.4 Å². The number of para-hydroxylation sites is 1. The number of hydrogen-bond acceptors (Lipinski definition) is 4. The third-order valence-electron chi connectivity index (χ3n) is 6.47. The normalized spacial score (nSPS) is 17.2. The maximum Gasteiger partial charge on any atom is 0.262 e. The molecular weight excluding hydrogens is 494 g/mol. The number of carbonyl (C=O) groups excluding carboxylic acids is 1. The van der Waals surface area contributed by atoms with Gasteiger partial charge in [0, 0.05) is 35.5 Å². The van der Waals surface area contributed by atoms with Crippen molar-refractivity contribution in [2.75, 3.05) is 16.8 Å². The number of aromatic nitrogens is 2. The van der Waals surface area contributed by atoms with E-state index >= 15 is 0 Å². The van der Waals surface area contributed by atoms with E-state index in [1.807, 2.05) is 72.8 Å². The van der Waals surface area contributed by atoms with Gasteiger partial charge in [-0.05, 0) is 93.1 Å². The summed E-state index contributed by atoms with van der Waals surface area (Å²) in [4.78, 5) is 19.2. The highest BCUT2D eigenvalue weighted by atomic mass is 32.1. The summed E-state index contributed by atoms with van der Waals surface area (Å²) >= 11 is 5.83. The maximum atomic E-state index is 12.4. The second-order valence-electron chi connectivity index (χ2n) is 10.2. The van der Waals surface area contributed by atoms with E-state index in [4.69, 9.17) is 17.0 Å². The van der Waals surface area contributed by atoms with Gasteiger partial charge in [0.1, 0.15) is 5.75 Å². The Hall–Kier alpha value is -4.17. The molecule has 0 radical (unpaired) electrons. The Bertz CT molecular complexity index is 1400. The molecular formula is C30H31N5O2S. The van der Waals surface area contributed by atoms with Crippen LogP contribution in [0.4, 0.5) is 11.4 Å². The number of benzene rings is 2. The lowest BCUT2D eigenvalue weighted by Crippen LogP contribution is -2.29. The zero-order valence-electron chi connectivity index (χ0n) is 21.7. The summed E-state index contributed by atoms with van der Waals surface area (Å²) in [6.07, 6.45) is 6.10. The summed E-state index contributed by atoms with van der Waals surface area (Å²) in [5.41, 5.74) is 3.63. The van der Waals surface area contributed by atoms with Gasteiger partial charge in [-0.25, -0.2) is 0 Å². The fourth-order valence-electron chi connectivity index (χ4n) is 4.55. The maximum absolute atomic E-state index is 12.4. The second kappa shape index (κ2) is 10.7. The third-order valence-corrected chi connectivity index (χ3v) is 6.79. The van der Waals surface area contributed by atoms with Crippen molar-refractivity contribution in [2.24, 2.45) is 0 Å². The van der Waals surface area contributed by atoms with E-state index in [-0.39, 0.29) is 30.1 Å². The molecule has 1 amide bonds. The third kappa shape index (κ3) is 5.55. The summed E-state index contributed by atoms with van der Waals surface area (Å²) in [7, 11) is 0. The molecule has 0 spiro atoms. The van der Waals surface area contributed by atoms with E-state index in [0.29, 0.717) is 16.5 Å². The molecule has 2 N–H and O–H groups in total. The van der Waals surface area contributed by atoms with Crippen LogP contribution in [0, 0.1) is 0 Å². The summed E-state index contributed by atoms with van der Waals surface area (Å²) in [5.74, 6) is 0.429. The van der Waals surface area contributed by atoms with Crippen LogP contribution in [0.1, 0.15) is 44.1 Å². The molecule has 38 heavy (non-hydrogen) atoms. The minimum absolute atomic E-state index is 0.0415. The predicted octanol–water partition coefficient (Wildman–Crippen LogP) is 5.83. The average Bonchev–Trinajstić information content (AvgIpc) is 3.54. The number of pyridine rings is 1. The second-order valence-corrected chi connectivity index (χ2v) is 10.6. The van der Waals surface area contributed by atoms with Gasteiger partial charge in [-0.1, -0.05) is 24.3 Å². The highest BCUT2D eigenvalue weighted by Crippen LogP contribution is 2.42. The Kier molecular flexibility index (Phi) is 7.15. The predicted molar refractivity (Wildman–Crippen MR) is 154 cm³/mol. The number of thiocarbonyl (C=S) groups is 1. The van der Waals surface area contributed by atoms with E-state index in [1.165, 1.54) is 0 Å². The molecule has 0 unspecified atom stereocenters. The molecule has 1 saturated heterocycles. The monoisotopic (exact) mass is 525 g/mol. The van der Waals surface area contributed by atoms with E-state index in [1.54, 1.807) is 6.20 Å². The van der Waals surface area contributed by atoms with Crippen LogP contribution in [0.15, 0.2) is 97.5 Å². The van der Waals surface area contributed by atoms with Gasteiger partial charge in [0.15, 0.2) is 11.7 Å². The van der Waals surface area contributed by atoms with E-state index in [9.17, 15) is 4.79 Å². The zero-order chi connectivity index (χ0) is 26.7. The first-order chi connectivity index (χ1) is 18.3. The molecule has 3 heterocycles. The smallest absolute Gasteiger partial charge is 0.262 e. The molecule has 8 heteroatoms. The van der Waals surface area contributed by atoms with Gasteiger partial charge in [0.05, 0.1) is 17.8 Å². The Morgan fingerprint density at radius 2 is 1.76 bits per heavy atom. The van der Waals surface area contributed by atoms with Crippen molar-refractivity contribution in [1.29, 1.82) is 0 Å². The van der Waals surface area contributed by atoms with Crippen molar-refractivity contribution in [3.8, 4) is 5.75 Å². The first-order valence-corrected chi connectivity index (χ1v) is 13.0. The Morgan fingerprint density at radius 1 is 1.03 bits per heavy atom. The lowest BCUT2D eigenvalue weighted by molar-refractivity contribution is -0.118. The average molecular weight is 526 g/mol. The molecule has 5 rings (SSSR count). The molecule has 4 aromatic rings. The number of nitrogens with one attached hydrogen (secondary N) is 2. The molecule has 2 atom stereocenters. The summed E-state index contributed by atoms with van der Waals surface area (Å²) in [6.45, 7) is 6.48. The van der Waals surface area contributed by atoms with Crippen molar-refractivity contribution in [3.63, 3.8) is 0 Å². The molecule has 1 aliphatic heterocycles. The van der Waals surface area contributed by atoms with Crippen LogP contribution >= 0.6 is 12.2 Å². The van der Waals surface area contributed by atoms with Gasteiger partial charge in [0.25, 0.3) is 5.91 Å². The molecule has 1 aliphatic rings. The standard InChI is InChI=1S/C30H31N5O2S/c1-30(2,3)34-18-16-21(19-34)28-27(25-11-7-8-17-31-25)33-29(38)35(28)23-14-12-22(13-15-23)32-26(36)20-37-24-9-5-4-6-10-24/h4-19,27-28H,20H2,1-3H3,(H,32,36)(H,33,38)/t27-,28+/m1/s1. The molecule has 7 nitrogen and oxygen atoms in total. The SMILES string of the molecule is CC(C)(C)n1ccc([C@H]2[C@@H](c3ccccn3)NC(=S)N2c2ccc(NC(=O)COc3ccccc3)cc2)c1. The van der Waals surface area contributed by atoms with E-state index < -0.39 is 0 Å². The number of ether oxygens (including phenoxy) is 1. The highest BCUT2D eigenvalue weighted by molar-refractivity contribution is 7.80. The van der Waals surface area contributed by atoms with Crippen LogP contribution in [0.3, 0.4) is 0 Å². The van der Waals surface area contributed by atoms with Crippen molar-refractivity contribution in [1.82, 2.24) is 14.9 Å². The fourth-order valence-corrected chi connectivity index (χ4v) is 4.89. The van der Waals surface area contributed by atoms with Gasteiger partial charge in [-0.15, -0.1) is 0 Å². The molecule has 1 fully saturated rings. The number of nitrogens with zero attached hydrogens (tertiary/aromatic N) is 3. The van der Waals surface area contributed by atoms with E-state index in [0.717, 1.165) is 16.9 Å². The van der Waals surface area contributed by atoms with Crippen LogP contribution in [0.25, 0.3) is 0 Å². The Morgan fingerprint density at radius 3 is 2.42 bits per heavy atom. The van der Waals surface area contributed by atoms with Gasteiger partial charge in [-0.3, -0.25) is 9.78 Å². The number of carbonyl (C=O) groups is 1.